The quantitative estimate of drug-likeness (QED) is 0.323. The minimum Gasteiger partial charge on any atom is -0.322 e. The molecule has 0 aromatic heterocycles. The fourth-order valence-corrected chi connectivity index (χ4v) is 7.50. The maximum absolute atomic E-state index is 6.98. The Morgan fingerprint density at radius 3 is 1.93 bits per heavy atom. The van der Waals surface area contributed by atoms with Gasteiger partial charge in [0, 0.05) is 10.6 Å². The van der Waals surface area contributed by atoms with Gasteiger partial charge in [-0.15, -0.1) is 21.9 Å². The molecule has 0 aliphatic rings. The third-order valence-corrected chi connectivity index (χ3v) is 14.4. The van der Waals surface area contributed by atoms with Crippen LogP contribution in [0.2, 0.25) is 0 Å². The minimum atomic E-state index is -1.16. The van der Waals surface area contributed by atoms with Gasteiger partial charge in [-0.05, 0) is 68.6 Å². The van der Waals surface area contributed by atoms with E-state index < -0.39 is 20.3 Å². The molecule has 1 rings (SSSR count). The fourth-order valence-electron chi connectivity index (χ4n) is 2.97. The topological polar surface area (TPSA) is 9.23 Å². The Hall–Kier alpha value is 0.170. The lowest BCUT2D eigenvalue weighted by atomic mass is 10.1. The van der Waals surface area contributed by atoms with E-state index in [9.17, 15) is 0 Å². The number of alkyl halides is 1. The van der Waals surface area contributed by atoms with Crippen LogP contribution in [0.5, 0.6) is 0 Å². The second-order valence-electron chi connectivity index (χ2n) is 9.52. The molecule has 0 atom stereocenters. The van der Waals surface area contributed by atoms with Crippen molar-refractivity contribution in [1.29, 1.82) is 0 Å². The third-order valence-electron chi connectivity index (χ3n) is 6.28. The summed E-state index contributed by atoms with van der Waals surface area (Å²) in [6.07, 6.45) is 14.5. The molecule has 0 spiro atoms. The van der Waals surface area contributed by atoms with Crippen molar-refractivity contribution in [2.45, 2.75) is 75.9 Å². The molecule has 160 valence electrons. The first-order chi connectivity index (χ1) is 12.3. The van der Waals surface area contributed by atoms with Crippen LogP contribution in [-0.2, 0) is 16.5 Å². The summed E-state index contributed by atoms with van der Waals surface area (Å²) in [5, 5.41) is 0. The van der Waals surface area contributed by atoms with Gasteiger partial charge in [-0.1, -0.05) is 57.9 Å². The average molecular weight is 435 g/mol. The smallest absolute Gasteiger partial charge is 0.105 e. The van der Waals surface area contributed by atoms with Gasteiger partial charge in [-0.25, -0.2) is 10.0 Å². The average Bonchev–Trinajstić information content (AvgIpc) is 2.57. The molecule has 0 heterocycles. The van der Waals surface area contributed by atoms with E-state index in [1.165, 1.54) is 36.1 Å². The van der Waals surface area contributed by atoms with Crippen molar-refractivity contribution in [2.24, 2.45) is 0 Å². The first-order valence-electron chi connectivity index (χ1n) is 10.1. The molecule has 0 bridgehead atoms. The van der Waals surface area contributed by atoms with E-state index in [0.717, 1.165) is 6.42 Å². The highest BCUT2D eigenvalue weighted by Gasteiger charge is 2.42. The van der Waals surface area contributed by atoms with Gasteiger partial charge in [-0.3, -0.25) is 0 Å². The monoisotopic (exact) mass is 434 g/mol. The normalized spacial score (nSPS) is 15.0. The summed E-state index contributed by atoms with van der Waals surface area (Å²) in [5.41, 5.74) is 2.59. The maximum Gasteiger partial charge on any atom is 0.105 e. The highest BCUT2D eigenvalue weighted by Crippen LogP contribution is 2.65. The molecule has 0 saturated carbocycles. The number of aryl methyl sites for hydroxylation is 1. The molecular weight excluding hydrogens is 392 g/mol. The van der Waals surface area contributed by atoms with Gasteiger partial charge in [0.2, 0.25) is 0 Å². The van der Waals surface area contributed by atoms with Crippen LogP contribution in [0, 0.1) is 0 Å². The van der Waals surface area contributed by atoms with Crippen LogP contribution in [0.1, 0.15) is 65.0 Å². The lowest BCUT2D eigenvalue weighted by Crippen LogP contribution is -2.39. The van der Waals surface area contributed by atoms with Crippen molar-refractivity contribution in [2.75, 3.05) is 30.8 Å². The van der Waals surface area contributed by atoms with Crippen LogP contribution >= 0.6 is 31.9 Å². The highest BCUT2D eigenvalue weighted by atomic mass is 35.5. The number of unbranched alkanes of at least 4 members (excludes halogenated alkanes) is 1. The highest BCUT2D eigenvalue weighted by molar-refractivity contribution is 8.34. The van der Waals surface area contributed by atoms with Crippen molar-refractivity contribution in [3.05, 3.63) is 35.4 Å². The predicted molar refractivity (Wildman–Crippen MR) is 132 cm³/mol. The van der Waals surface area contributed by atoms with Gasteiger partial charge >= 0.3 is 0 Å². The zero-order valence-corrected chi connectivity index (χ0v) is 21.5. The molecule has 4 heteroatoms. The summed E-state index contributed by atoms with van der Waals surface area (Å²) in [6.45, 7) is 11.7. The second-order valence-corrected chi connectivity index (χ2v) is 18.0. The molecule has 0 fully saturated rings. The van der Waals surface area contributed by atoms with E-state index in [0.29, 0.717) is 5.88 Å². The Morgan fingerprint density at radius 1 is 0.926 bits per heavy atom. The van der Waals surface area contributed by atoms with Crippen LogP contribution in [0.3, 0.4) is 0 Å². The standard InChI is InChI=1S/C23H43ClOS2/c1-10-11-17-22(2,3)27(8,9)25-23(4,5)26(6,7)18-16-20-12-14-21(19-24)15-13-20/h12-15H,10-11,16-19H2,1-9H3. The van der Waals surface area contributed by atoms with Crippen molar-refractivity contribution in [3.63, 3.8) is 0 Å². The Morgan fingerprint density at radius 2 is 1.44 bits per heavy atom. The van der Waals surface area contributed by atoms with Crippen LogP contribution in [-0.4, -0.2) is 40.5 Å². The molecule has 1 nitrogen and oxygen atoms in total. The van der Waals surface area contributed by atoms with E-state index in [2.05, 4.69) is 83.9 Å². The van der Waals surface area contributed by atoms with Crippen LogP contribution < -0.4 is 0 Å². The number of benzene rings is 1. The fraction of sp³-hybridized carbons (Fsp3) is 0.739. The van der Waals surface area contributed by atoms with Crippen molar-refractivity contribution >= 4 is 31.9 Å². The van der Waals surface area contributed by atoms with Gasteiger partial charge in [0.25, 0.3) is 0 Å². The molecule has 0 amide bonds. The lowest BCUT2D eigenvalue weighted by Gasteiger charge is -2.56. The second kappa shape index (κ2) is 9.78. The van der Waals surface area contributed by atoms with Crippen molar-refractivity contribution in [3.8, 4) is 0 Å². The molecule has 1 aromatic rings. The Labute approximate surface area is 177 Å². The van der Waals surface area contributed by atoms with Gasteiger partial charge in [0.05, 0.1) is 0 Å². The van der Waals surface area contributed by atoms with E-state index >= 15 is 0 Å². The van der Waals surface area contributed by atoms with E-state index in [1.807, 2.05) is 0 Å². The third kappa shape index (κ3) is 6.87. The van der Waals surface area contributed by atoms with E-state index in [1.54, 1.807) is 0 Å². The summed E-state index contributed by atoms with van der Waals surface area (Å²) in [5.74, 6) is 1.77. The van der Waals surface area contributed by atoms with Crippen LogP contribution in [0.4, 0.5) is 0 Å². The van der Waals surface area contributed by atoms with E-state index in [4.69, 9.17) is 15.8 Å². The Kier molecular flexibility index (Phi) is 9.13. The SMILES string of the molecule is CCCCC(C)(C)S(C)(C)OC(C)(C)S(C)(C)CCc1ccc(CCl)cc1. The zero-order chi connectivity index (χ0) is 20.9. The molecule has 27 heavy (non-hydrogen) atoms. The first kappa shape index (κ1) is 25.2. The summed E-state index contributed by atoms with van der Waals surface area (Å²) >= 11 is 5.91. The first-order valence-corrected chi connectivity index (χ1v) is 15.6. The summed E-state index contributed by atoms with van der Waals surface area (Å²) < 4.78 is 7.22. The minimum absolute atomic E-state index is 0.0919. The van der Waals surface area contributed by atoms with Crippen molar-refractivity contribution < 1.29 is 4.18 Å². The summed E-state index contributed by atoms with van der Waals surface area (Å²) in [6, 6.07) is 8.75. The van der Waals surface area contributed by atoms with Gasteiger partial charge < -0.3 is 4.18 Å². The maximum atomic E-state index is 6.98. The summed E-state index contributed by atoms with van der Waals surface area (Å²) in [4.78, 5) is -0.0919. The van der Waals surface area contributed by atoms with Crippen LogP contribution in [0.25, 0.3) is 0 Å². The Bertz CT molecular complexity index is 577. The van der Waals surface area contributed by atoms with Gasteiger partial charge in [0.15, 0.2) is 0 Å². The van der Waals surface area contributed by atoms with Gasteiger partial charge in [-0.2, -0.15) is 0 Å². The lowest BCUT2D eigenvalue weighted by molar-refractivity contribution is 0.225. The molecular formula is C23H43ClOS2. The number of rotatable bonds is 11. The molecule has 0 unspecified atom stereocenters. The number of hydrogen-bond donors (Lipinski definition) is 0. The van der Waals surface area contributed by atoms with Crippen molar-refractivity contribution in [1.82, 2.24) is 0 Å². The van der Waals surface area contributed by atoms with Gasteiger partial charge in [0.1, 0.15) is 4.93 Å². The molecule has 0 saturated heterocycles. The molecule has 0 radical (unpaired) electrons. The molecule has 0 aliphatic heterocycles. The molecule has 0 aliphatic carbocycles. The predicted octanol–water partition coefficient (Wildman–Crippen LogP) is 7.73. The van der Waals surface area contributed by atoms with Crippen LogP contribution in [0.15, 0.2) is 24.3 Å². The summed E-state index contributed by atoms with van der Waals surface area (Å²) in [7, 11) is -2.07. The Balaban J connectivity index is 2.82. The molecule has 0 N–H and O–H groups in total. The zero-order valence-electron chi connectivity index (χ0n) is 19.2. The largest absolute Gasteiger partial charge is 0.322 e. The number of halogens is 1. The number of hydrogen-bond acceptors (Lipinski definition) is 1. The van der Waals surface area contributed by atoms with E-state index in [-0.39, 0.29) is 9.68 Å². The molecule has 1 aromatic carbocycles.